The number of hydrogen-bond acceptors (Lipinski definition) is 4. The van der Waals surface area contributed by atoms with Crippen LogP contribution in [-0.4, -0.2) is 43.4 Å². The number of hydrogen-bond donors (Lipinski definition) is 0. The molecule has 1 unspecified atom stereocenters. The van der Waals surface area contributed by atoms with Crippen LogP contribution in [0.1, 0.15) is 6.92 Å². The molecular weight excluding hydrogens is 336 g/mol. The fraction of sp³-hybridized carbons (Fsp3) is 0.312. The summed E-state index contributed by atoms with van der Waals surface area (Å²) in [5.74, 6) is -0.591. The van der Waals surface area contributed by atoms with Gasteiger partial charge in [-0.1, -0.05) is 12.1 Å². The van der Waals surface area contributed by atoms with Crippen LogP contribution < -0.4 is 4.90 Å². The number of nitrogens with zero attached hydrogens (tertiary/aromatic N) is 3. The number of piperazine rings is 1. The molecule has 0 bridgehead atoms. The third-order valence-corrected chi connectivity index (χ3v) is 5.95. The number of benzene rings is 1. The summed E-state index contributed by atoms with van der Waals surface area (Å²) in [4.78, 5) is 5.63. The van der Waals surface area contributed by atoms with Gasteiger partial charge in [0, 0.05) is 25.7 Å². The summed E-state index contributed by atoms with van der Waals surface area (Å²) in [5.41, 5.74) is 0. The van der Waals surface area contributed by atoms with Gasteiger partial charge in [0.15, 0.2) is 0 Å². The van der Waals surface area contributed by atoms with Gasteiger partial charge in [0.1, 0.15) is 22.3 Å². The van der Waals surface area contributed by atoms with E-state index in [0.717, 1.165) is 12.3 Å². The molecule has 5 nitrogen and oxygen atoms in total. The van der Waals surface area contributed by atoms with Crippen LogP contribution in [0.5, 0.6) is 0 Å². The van der Waals surface area contributed by atoms with E-state index in [1.807, 2.05) is 11.8 Å². The summed E-state index contributed by atoms with van der Waals surface area (Å²) in [5, 5.41) is 0. The molecule has 1 atom stereocenters. The SMILES string of the molecule is CC1CN(S(=O)(=O)c2ccccc2F)CCN1c1ccc(F)cn1. The van der Waals surface area contributed by atoms with Gasteiger partial charge in [-0.25, -0.2) is 22.2 Å². The van der Waals surface area contributed by atoms with E-state index in [2.05, 4.69) is 4.98 Å². The maximum absolute atomic E-state index is 13.9. The van der Waals surface area contributed by atoms with Crippen LogP contribution in [0.3, 0.4) is 0 Å². The number of pyridine rings is 1. The number of sulfonamides is 1. The molecule has 0 saturated carbocycles. The third kappa shape index (κ3) is 3.11. The number of halogens is 2. The van der Waals surface area contributed by atoms with Crippen molar-refractivity contribution >= 4 is 15.8 Å². The van der Waals surface area contributed by atoms with E-state index in [4.69, 9.17) is 0 Å². The molecule has 1 aromatic heterocycles. The predicted octanol–water partition coefficient (Wildman–Crippen LogP) is 2.26. The zero-order valence-corrected chi connectivity index (χ0v) is 13.9. The van der Waals surface area contributed by atoms with Crippen molar-refractivity contribution in [1.29, 1.82) is 0 Å². The molecule has 0 radical (unpaired) electrons. The minimum Gasteiger partial charge on any atom is -0.351 e. The number of anilines is 1. The first-order valence-corrected chi connectivity index (χ1v) is 8.96. The van der Waals surface area contributed by atoms with Gasteiger partial charge in [0.05, 0.1) is 6.20 Å². The molecule has 0 N–H and O–H groups in total. The third-order valence-electron chi connectivity index (χ3n) is 4.05. The quantitative estimate of drug-likeness (QED) is 0.849. The standard InChI is InChI=1S/C16H17F2N3O2S/c1-12-11-20(24(22,23)15-5-3-2-4-14(15)18)8-9-21(12)16-7-6-13(17)10-19-16/h2-7,10,12H,8-9,11H2,1H3. The monoisotopic (exact) mass is 353 g/mol. The Morgan fingerprint density at radius 1 is 1.12 bits per heavy atom. The van der Waals surface area contributed by atoms with Crippen LogP contribution in [0.25, 0.3) is 0 Å². The average Bonchev–Trinajstić information content (AvgIpc) is 2.56. The van der Waals surface area contributed by atoms with Gasteiger partial charge in [-0.3, -0.25) is 0 Å². The molecule has 1 aromatic carbocycles. The molecule has 2 heterocycles. The fourth-order valence-electron chi connectivity index (χ4n) is 2.81. The second-order valence-corrected chi connectivity index (χ2v) is 7.58. The Hall–Kier alpha value is -2.06. The minimum absolute atomic E-state index is 0.168. The van der Waals surface area contributed by atoms with Gasteiger partial charge in [0.2, 0.25) is 10.0 Å². The fourth-order valence-corrected chi connectivity index (χ4v) is 4.39. The lowest BCUT2D eigenvalue weighted by Crippen LogP contribution is -2.54. The van der Waals surface area contributed by atoms with Gasteiger partial charge in [-0.15, -0.1) is 0 Å². The summed E-state index contributed by atoms with van der Waals surface area (Å²) in [6.45, 7) is 2.66. The van der Waals surface area contributed by atoms with E-state index in [-0.39, 0.29) is 24.0 Å². The van der Waals surface area contributed by atoms with Crippen LogP contribution in [-0.2, 0) is 10.0 Å². The second kappa shape index (κ2) is 6.45. The van der Waals surface area contributed by atoms with Crippen molar-refractivity contribution in [1.82, 2.24) is 9.29 Å². The predicted molar refractivity (Wildman–Crippen MR) is 86.2 cm³/mol. The molecule has 24 heavy (non-hydrogen) atoms. The maximum atomic E-state index is 13.9. The average molecular weight is 353 g/mol. The van der Waals surface area contributed by atoms with Gasteiger partial charge < -0.3 is 4.90 Å². The summed E-state index contributed by atoms with van der Waals surface area (Å²) in [6, 6.07) is 8.06. The Morgan fingerprint density at radius 2 is 1.88 bits per heavy atom. The van der Waals surface area contributed by atoms with Gasteiger partial charge in [-0.2, -0.15) is 4.31 Å². The minimum atomic E-state index is -3.89. The molecule has 8 heteroatoms. The lowest BCUT2D eigenvalue weighted by Gasteiger charge is -2.39. The molecule has 3 rings (SSSR count). The first-order chi connectivity index (χ1) is 11.4. The topological polar surface area (TPSA) is 53.5 Å². The van der Waals surface area contributed by atoms with Crippen molar-refractivity contribution in [2.24, 2.45) is 0 Å². The van der Waals surface area contributed by atoms with E-state index < -0.39 is 21.7 Å². The van der Waals surface area contributed by atoms with Gasteiger partial charge in [0.25, 0.3) is 0 Å². The van der Waals surface area contributed by atoms with E-state index in [0.29, 0.717) is 12.4 Å². The lowest BCUT2D eigenvalue weighted by atomic mass is 10.2. The van der Waals surface area contributed by atoms with Gasteiger partial charge >= 0.3 is 0 Å². The number of aromatic nitrogens is 1. The van der Waals surface area contributed by atoms with E-state index >= 15 is 0 Å². The highest BCUT2D eigenvalue weighted by Gasteiger charge is 2.34. The Labute approximate surface area is 139 Å². The summed E-state index contributed by atoms with van der Waals surface area (Å²) in [7, 11) is -3.89. The highest BCUT2D eigenvalue weighted by molar-refractivity contribution is 7.89. The first kappa shape index (κ1) is 16.8. The summed E-state index contributed by atoms with van der Waals surface area (Å²) < 4.78 is 53.4. The van der Waals surface area contributed by atoms with Crippen molar-refractivity contribution in [2.75, 3.05) is 24.5 Å². The Kier molecular flexibility index (Phi) is 4.51. The van der Waals surface area contributed by atoms with Crippen molar-refractivity contribution in [3.63, 3.8) is 0 Å². The van der Waals surface area contributed by atoms with Crippen LogP contribution in [0, 0.1) is 11.6 Å². The normalized spacial score (nSPS) is 19.5. The maximum Gasteiger partial charge on any atom is 0.246 e. The van der Waals surface area contributed by atoms with Crippen LogP contribution in [0.15, 0.2) is 47.5 Å². The van der Waals surface area contributed by atoms with Gasteiger partial charge in [-0.05, 0) is 31.2 Å². The van der Waals surface area contributed by atoms with E-state index in [1.54, 1.807) is 6.07 Å². The Morgan fingerprint density at radius 3 is 2.50 bits per heavy atom. The van der Waals surface area contributed by atoms with Crippen LogP contribution in [0.4, 0.5) is 14.6 Å². The largest absolute Gasteiger partial charge is 0.351 e. The molecule has 2 aromatic rings. The molecule has 1 aliphatic heterocycles. The summed E-state index contributed by atoms with van der Waals surface area (Å²) >= 11 is 0. The zero-order valence-electron chi connectivity index (χ0n) is 13.1. The molecule has 128 valence electrons. The first-order valence-electron chi connectivity index (χ1n) is 7.52. The smallest absolute Gasteiger partial charge is 0.246 e. The molecule has 0 aliphatic carbocycles. The van der Waals surface area contributed by atoms with Crippen molar-refractivity contribution < 1.29 is 17.2 Å². The highest BCUT2D eigenvalue weighted by Crippen LogP contribution is 2.24. The molecule has 1 fully saturated rings. The zero-order chi connectivity index (χ0) is 17.3. The molecular formula is C16H17F2N3O2S. The Balaban J connectivity index is 1.80. The summed E-state index contributed by atoms with van der Waals surface area (Å²) in [6.07, 6.45) is 1.13. The van der Waals surface area contributed by atoms with Crippen LogP contribution >= 0.6 is 0 Å². The molecule has 0 spiro atoms. The highest BCUT2D eigenvalue weighted by atomic mass is 32.2. The lowest BCUT2D eigenvalue weighted by molar-refractivity contribution is 0.339. The molecule has 0 amide bonds. The van der Waals surface area contributed by atoms with Crippen molar-refractivity contribution in [3.8, 4) is 0 Å². The van der Waals surface area contributed by atoms with Crippen molar-refractivity contribution in [3.05, 3.63) is 54.2 Å². The second-order valence-electron chi connectivity index (χ2n) is 5.67. The van der Waals surface area contributed by atoms with E-state index in [9.17, 15) is 17.2 Å². The molecule has 1 aliphatic rings. The van der Waals surface area contributed by atoms with Crippen molar-refractivity contribution in [2.45, 2.75) is 17.9 Å². The molecule has 1 saturated heterocycles. The number of rotatable bonds is 3. The van der Waals surface area contributed by atoms with Crippen LogP contribution in [0.2, 0.25) is 0 Å². The Bertz CT molecular complexity index is 827. The van der Waals surface area contributed by atoms with E-state index in [1.165, 1.54) is 28.6 Å².